The van der Waals surface area contributed by atoms with Crippen molar-refractivity contribution in [3.8, 4) is 0 Å². The van der Waals surface area contributed by atoms with E-state index >= 15 is 0 Å². The SMILES string of the molecule is CCN1CCN(C(C)CNC(=NC)NC2CCN(c3cccc(Cl)c3)C2)CC1. The van der Waals surface area contributed by atoms with Crippen LogP contribution in [0.1, 0.15) is 20.3 Å². The fourth-order valence-corrected chi connectivity index (χ4v) is 4.25. The van der Waals surface area contributed by atoms with Gasteiger partial charge in [-0.1, -0.05) is 24.6 Å². The van der Waals surface area contributed by atoms with E-state index in [2.05, 4.69) is 50.2 Å². The van der Waals surface area contributed by atoms with Crippen molar-refractivity contribution in [1.29, 1.82) is 0 Å². The summed E-state index contributed by atoms with van der Waals surface area (Å²) >= 11 is 6.14. The Balaban J connectivity index is 1.42. The number of aliphatic imine (C=N–C) groups is 1. The van der Waals surface area contributed by atoms with E-state index in [1.54, 1.807) is 0 Å². The normalized spacial score (nSPS) is 23.1. The lowest BCUT2D eigenvalue weighted by molar-refractivity contribution is 0.107. The van der Waals surface area contributed by atoms with E-state index in [1.807, 2.05) is 25.2 Å². The number of hydrogen-bond donors (Lipinski definition) is 2. The Labute approximate surface area is 174 Å². The van der Waals surface area contributed by atoms with E-state index < -0.39 is 0 Å². The Morgan fingerprint density at radius 2 is 2.04 bits per heavy atom. The molecule has 1 aromatic rings. The summed E-state index contributed by atoms with van der Waals surface area (Å²) < 4.78 is 0. The van der Waals surface area contributed by atoms with Crippen molar-refractivity contribution >= 4 is 23.2 Å². The molecule has 0 amide bonds. The highest BCUT2D eigenvalue weighted by Crippen LogP contribution is 2.23. The second-order valence-electron chi connectivity index (χ2n) is 7.83. The van der Waals surface area contributed by atoms with Crippen LogP contribution >= 0.6 is 11.6 Å². The molecule has 2 aliphatic heterocycles. The van der Waals surface area contributed by atoms with Gasteiger partial charge in [0.1, 0.15) is 0 Å². The van der Waals surface area contributed by atoms with Gasteiger partial charge in [0.05, 0.1) is 0 Å². The number of nitrogens with one attached hydrogen (secondary N) is 2. The fraction of sp³-hybridized carbons (Fsp3) is 0.667. The number of halogens is 1. The first kappa shape index (κ1) is 21.2. The number of anilines is 1. The lowest BCUT2D eigenvalue weighted by atomic mass is 10.2. The molecule has 0 spiro atoms. The molecular formula is C21H35ClN6. The molecule has 2 fully saturated rings. The number of guanidine groups is 1. The zero-order valence-electron chi connectivity index (χ0n) is 17.5. The molecule has 156 valence electrons. The summed E-state index contributed by atoms with van der Waals surface area (Å²) in [7, 11) is 1.85. The number of likely N-dealkylation sites (N-methyl/N-ethyl adjacent to an activating group) is 1. The van der Waals surface area contributed by atoms with E-state index in [9.17, 15) is 0 Å². The second-order valence-corrected chi connectivity index (χ2v) is 8.26. The highest BCUT2D eigenvalue weighted by atomic mass is 35.5. The molecule has 2 unspecified atom stereocenters. The third kappa shape index (κ3) is 5.75. The number of nitrogens with zero attached hydrogens (tertiary/aromatic N) is 4. The van der Waals surface area contributed by atoms with E-state index in [0.29, 0.717) is 12.1 Å². The van der Waals surface area contributed by atoms with Crippen molar-refractivity contribution in [2.24, 2.45) is 4.99 Å². The fourth-order valence-electron chi connectivity index (χ4n) is 4.07. The number of benzene rings is 1. The number of rotatable bonds is 6. The molecule has 0 bridgehead atoms. The topological polar surface area (TPSA) is 46.1 Å². The average Bonchev–Trinajstić information content (AvgIpc) is 3.19. The van der Waals surface area contributed by atoms with Crippen molar-refractivity contribution < 1.29 is 0 Å². The summed E-state index contributed by atoms with van der Waals surface area (Å²) in [5.41, 5.74) is 1.19. The molecule has 0 aromatic heterocycles. The van der Waals surface area contributed by atoms with Crippen LogP contribution < -0.4 is 15.5 Å². The summed E-state index contributed by atoms with van der Waals surface area (Å²) in [5.74, 6) is 0.900. The molecule has 2 atom stereocenters. The van der Waals surface area contributed by atoms with Crippen molar-refractivity contribution in [3.63, 3.8) is 0 Å². The highest BCUT2D eigenvalue weighted by molar-refractivity contribution is 6.30. The first-order valence-electron chi connectivity index (χ1n) is 10.5. The minimum absolute atomic E-state index is 0.397. The molecule has 7 heteroatoms. The highest BCUT2D eigenvalue weighted by Gasteiger charge is 2.24. The summed E-state index contributed by atoms with van der Waals surface area (Å²) in [5, 5.41) is 7.91. The molecule has 0 radical (unpaired) electrons. The monoisotopic (exact) mass is 406 g/mol. The summed E-state index contributed by atoms with van der Waals surface area (Å²) in [6, 6.07) is 9.00. The largest absolute Gasteiger partial charge is 0.369 e. The Bertz CT molecular complexity index is 644. The molecule has 2 heterocycles. The summed E-state index contributed by atoms with van der Waals surface area (Å²) in [6.07, 6.45) is 1.10. The van der Waals surface area contributed by atoms with Crippen molar-refractivity contribution in [3.05, 3.63) is 29.3 Å². The zero-order chi connectivity index (χ0) is 19.9. The van der Waals surface area contributed by atoms with Gasteiger partial charge < -0.3 is 20.4 Å². The van der Waals surface area contributed by atoms with Gasteiger partial charge in [-0.15, -0.1) is 0 Å². The third-order valence-corrected chi connectivity index (χ3v) is 6.20. The van der Waals surface area contributed by atoms with Gasteiger partial charge in [-0.25, -0.2) is 0 Å². The first-order valence-corrected chi connectivity index (χ1v) is 10.9. The maximum absolute atomic E-state index is 6.14. The van der Waals surface area contributed by atoms with Gasteiger partial charge in [0, 0.05) is 75.7 Å². The van der Waals surface area contributed by atoms with Gasteiger partial charge in [-0.05, 0) is 38.1 Å². The van der Waals surface area contributed by atoms with Crippen LogP contribution in [0.5, 0.6) is 0 Å². The van der Waals surface area contributed by atoms with Gasteiger partial charge in [-0.2, -0.15) is 0 Å². The Morgan fingerprint density at radius 1 is 1.25 bits per heavy atom. The van der Waals surface area contributed by atoms with E-state index in [0.717, 1.165) is 56.7 Å². The standard InChI is InChI=1S/C21H35ClN6/c1-4-26-10-12-27(13-11-26)17(2)15-24-21(23-3)25-19-8-9-28(16-19)20-7-5-6-18(22)14-20/h5-7,14,17,19H,4,8-13,15-16H2,1-3H3,(H2,23,24,25). The lowest BCUT2D eigenvalue weighted by Gasteiger charge is -2.37. The molecular weight excluding hydrogens is 372 g/mol. The van der Waals surface area contributed by atoms with Crippen LogP contribution in [0.25, 0.3) is 0 Å². The van der Waals surface area contributed by atoms with Crippen molar-refractivity contribution in [2.75, 3.05) is 64.3 Å². The third-order valence-electron chi connectivity index (χ3n) is 5.97. The van der Waals surface area contributed by atoms with Crippen LogP contribution in [0.15, 0.2) is 29.3 Å². The Morgan fingerprint density at radius 3 is 2.71 bits per heavy atom. The van der Waals surface area contributed by atoms with Crippen LogP contribution in [0.4, 0.5) is 5.69 Å². The summed E-state index contributed by atoms with van der Waals surface area (Å²) in [6.45, 7) is 13.3. The Hall–Kier alpha value is -1.50. The first-order chi connectivity index (χ1) is 13.6. The average molecular weight is 407 g/mol. The van der Waals surface area contributed by atoms with Gasteiger partial charge in [-0.3, -0.25) is 9.89 Å². The quantitative estimate of drug-likeness (QED) is 0.559. The lowest BCUT2D eigenvalue weighted by Crippen LogP contribution is -2.53. The minimum atomic E-state index is 0.397. The van der Waals surface area contributed by atoms with Crippen molar-refractivity contribution in [1.82, 2.24) is 20.4 Å². The molecule has 2 N–H and O–H groups in total. The second kappa shape index (κ2) is 10.3. The van der Waals surface area contributed by atoms with E-state index in [4.69, 9.17) is 11.6 Å². The van der Waals surface area contributed by atoms with Gasteiger partial charge in [0.25, 0.3) is 0 Å². The van der Waals surface area contributed by atoms with Crippen LogP contribution in [0.2, 0.25) is 5.02 Å². The zero-order valence-corrected chi connectivity index (χ0v) is 18.3. The maximum atomic E-state index is 6.14. The molecule has 6 nitrogen and oxygen atoms in total. The predicted octanol–water partition coefficient (Wildman–Crippen LogP) is 2.11. The predicted molar refractivity (Wildman–Crippen MR) is 120 cm³/mol. The maximum Gasteiger partial charge on any atom is 0.191 e. The van der Waals surface area contributed by atoms with Crippen LogP contribution in [0, 0.1) is 0 Å². The van der Waals surface area contributed by atoms with Crippen LogP contribution in [-0.2, 0) is 0 Å². The van der Waals surface area contributed by atoms with Crippen molar-refractivity contribution in [2.45, 2.75) is 32.4 Å². The van der Waals surface area contributed by atoms with E-state index in [1.165, 1.54) is 18.8 Å². The molecule has 0 aliphatic carbocycles. The van der Waals surface area contributed by atoms with Gasteiger partial charge in [0.15, 0.2) is 5.96 Å². The molecule has 3 rings (SSSR count). The number of piperazine rings is 1. The summed E-state index contributed by atoms with van der Waals surface area (Å²) in [4.78, 5) is 11.9. The number of hydrogen-bond acceptors (Lipinski definition) is 4. The van der Waals surface area contributed by atoms with Crippen LogP contribution in [-0.4, -0.2) is 87.2 Å². The minimum Gasteiger partial charge on any atom is -0.369 e. The molecule has 28 heavy (non-hydrogen) atoms. The van der Waals surface area contributed by atoms with Crippen LogP contribution in [0.3, 0.4) is 0 Å². The molecule has 1 aromatic carbocycles. The molecule has 2 aliphatic rings. The molecule has 0 saturated carbocycles. The smallest absolute Gasteiger partial charge is 0.191 e. The van der Waals surface area contributed by atoms with Gasteiger partial charge in [0.2, 0.25) is 0 Å². The van der Waals surface area contributed by atoms with Gasteiger partial charge >= 0.3 is 0 Å². The Kier molecular flexibility index (Phi) is 7.82. The molecule has 2 saturated heterocycles. The van der Waals surface area contributed by atoms with E-state index in [-0.39, 0.29) is 0 Å².